The number of benzene rings is 7. The van der Waals surface area contributed by atoms with E-state index in [0.717, 1.165) is 11.4 Å². The first-order chi connectivity index (χ1) is 20.6. The van der Waals surface area contributed by atoms with E-state index in [9.17, 15) is 0 Å². The third kappa shape index (κ3) is 3.93. The van der Waals surface area contributed by atoms with Crippen LogP contribution < -0.4 is 5.32 Å². The highest BCUT2D eigenvalue weighted by atomic mass is 14.9. The molecule has 42 heavy (non-hydrogen) atoms. The second kappa shape index (κ2) is 9.46. The lowest BCUT2D eigenvalue weighted by molar-refractivity contribution is 0.661. The van der Waals surface area contributed by atoms with Gasteiger partial charge in [0, 0.05) is 16.8 Å². The van der Waals surface area contributed by atoms with Crippen LogP contribution in [0.1, 0.15) is 25.0 Å². The van der Waals surface area contributed by atoms with Gasteiger partial charge in [0.15, 0.2) is 0 Å². The monoisotopic (exact) mass is 537 g/mol. The number of hydrogen-bond acceptors (Lipinski definition) is 1. The molecule has 0 atom stereocenters. The number of nitrogens with one attached hydrogen (secondary N) is 1. The number of fused-ring (bicyclic) bond motifs is 6. The van der Waals surface area contributed by atoms with Crippen molar-refractivity contribution in [1.29, 1.82) is 0 Å². The Hall–Kier alpha value is -5.14. The van der Waals surface area contributed by atoms with Crippen LogP contribution in [0.25, 0.3) is 54.9 Å². The molecule has 200 valence electrons. The first kappa shape index (κ1) is 24.6. The van der Waals surface area contributed by atoms with E-state index in [-0.39, 0.29) is 5.41 Å². The fourth-order valence-electron chi connectivity index (χ4n) is 6.82. The molecule has 1 aliphatic carbocycles. The van der Waals surface area contributed by atoms with Gasteiger partial charge in [0.05, 0.1) is 0 Å². The largest absolute Gasteiger partial charge is 0.356 e. The standard InChI is InChI=1S/C41H31N/c1-41(2)39-25-29(20-22-36(39)37-23-21-32(26-40(37)41)42-31-11-4-3-5-12-31)27-16-18-28(19-17-27)38-24-30-10-6-7-13-33(30)34-14-8-9-15-35(34)38/h3-26,42H,1-2H3. The maximum atomic E-state index is 3.57. The Kier molecular flexibility index (Phi) is 5.55. The first-order valence-electron chi connectivity index (χ1n) is 14.7. The van der Waals surface area contributed by atoms with Gasteiger partial charge in [0.1, 0.15) is 0 Å². The van der Waals surface area contributed by atoms with Crippen LogP contribution in [0.15, 0.2) is 146 Å². The van der Waals surface area contributed by atoms with Crippen molar-refractivity contribution in [2.45, 2.75) is 19.3 Å². The quantitative estimate of drug-likeness (QED) is 0.220. The topological polar surface area (TPSA) is 12.0 Å². The minimum atomic E-state index is -0.0843. The maximum Gasteiger partial charge on any atom is 0.0387 e. The van der Waals surface area contributed by atoms with E-state index in [4.69, 9.17) is 0 Å². The lowest BCUT2D eigenvalue weighted by atomic mass is 9.81. The minimum absolute atomic E-state index is 0.0843. The summed E-state index contributed by atoms with van der Waals surface area (Å²) in [5, 5.41) is 8.75. The number of rotatable bonds is 4. The van der Waals surface area contributed by atoms with E-state index in [1.165, 1.54) is 66.1 Å². The summed E-state index contributed by atoms with van der Waals surface area (Å²) in [6.45, 7) is 4.70. The molecule has 0 radical (unpaired) electrons. The summed E-state index contributed by atoms with van der Waals surface area (Å²) in [6, 6.07) is 53.0. The third-order valence-electron chi connectivity index (χ3n) is 9.04. The average Bonchev–Trinajstić information content (AvgIpc) is 3.26. The fraction of sp³-hybridized carbons (Fsp3) is 0.0732. The van der Waals surface area contributed by atoms with Crippen molar-refractivity contribution < 1.29 is 0 Å². The minimum Gasteiger partial charge on any atom is -0.356 e. The summed E-state index contributed by atoms with van der Waals surface area (Å²) in [4.78, 5) is 0. The average molecular weight is 538 g/mol. The van der Waals surface area contributed by atoms with Crippen molar-refractivity contribution in [3.8, 4) is 33.4 Å². The Morgan fingerprint density at radius 2 is 1.00 bits per heavy atom. The molecule has 7 aromatic carbocycles. The van der Waals surface area contributed by atoms with Gasteiger partial charge in [-0.25, -0.2) is 0 Å². The second-order valence-electron chi connectivity index (χ2n) is 11.9. The summed E-state index contributed by atoms with van der Waals surface area (Å²) in [7, 11) is 0. The van der Waals surface area contributed by atoms with Crippen molar-refractivity contribution in [3.05, 3.63) is 157 Å². The van der Waals surface area contributed by atoms with E-state index in [2.05, 4.69) is 159 Å². The van der Waals surface area contributed by atoms with Crippen LogP contribution in [0.5, 0.6) is 0 Å². The summed E-state index contributed by atoms with van der Waals surface area (Å²) in [5.41, 5.74) is 12.6. The molecule has 1 nitrogen and oxygen atoms in total. The highest BCUT2D eigenvalue weighted by Crippen LogP contribution is 2.50. The van der Waals surface area contributed by atoms with Gasteiger partial charge in [-0.05, 0) is 102 Å². The smallest absolute Gasteiger partial charge is 0.0387 e. The lowest BCUT2D eigenvalue weighted by Gasteiger charge is -2.23. The second-order valence-corrected chi connectivity index (χ2v) is 11.9. The summed E-state index contributed by atoms with van der Waals surface area (Å²) in [6.07, 6.45) is 0. The molecule has 7 aromatic rings. The third-order valence-corrected chi connectivity index (χ3v) is 9.04. The fourth-order valence-corrected chi connectivity index (χ4v) is 6.82. The lowest BCUT2D eigenvalue weighted by Crippen LogP contribution is -2.15. The molecular weight excluding hydrogens is 506 g/mol. The normalized spacial score (nSPS) is 13.2. The predicted molar refractivity (Wildman–Crippen MR) is 180 cm³/mol. The molecule has 0 saturated heterocycles. The molecule has 1 aliphatic rings. The Morgan fingerprint density at radius 1 is 0.405 bits per heavy atom. The van der Waals surface area contributed by atoms with Gasteiger partial charge < -0.3 is 5.32 Å². The Bertz CT molecular complexity index is 2120. The van der Waals surface area contributed by atoms with E-state index in [0.29, 0.717) is 0 Å². The molecular formula is C41H31N. The van der Waals surface area contributed by atoms with Crippen LogP contribution in [-0.4, -0.2) is 0 Å². The Balaban J connectivity index is 1.15. The number of para-hydroxylation sites is 1. The van der Waals surface area contributed by atoms with Crippen molar-refractivity contribution >= 4 is 32.9 Å². The molecule has 0 bridgehead atoms. The van der Waals surface area contributed by atoms with Crippen LogP contribution in [0.3, 0.4) is 0 Å². The molecule has 8 rings (SSSR count). The maximum absolute atomic E-state index is 3.57. The highest BCUT2D eigenvalue weighted by molar-refractivity contribution is 6.13. The van der Waals surface area contributed by atoms with Crippen molar-refractivity contribution in [1.82, 2.24) is 0 Å². The van der Waals surface area contributed by atoms with Crippen LogP contribution in [0.2, 0.25) is 0 Å². The van der Waals surface area contributed by atoms with Gasteiger partial charge in [-0.2, -0.15) is 0 Å². The summed E-state index contributed by atoms with van der Waals surface area (Å²) >= 11 is 0. The van der Waals surface area contributed by atoms with Crippen LogP contribution in [0.4, 0.5) is 11.4 Å². The Morgan fingerprint density at radius 3 is 1.79 bits per heavy atom. The zero-order valence-electron chi connectivity index (χ0n) is 23.9. The molecule has 0 aliphatic heterocycles. The first-order valence-corrected chi connectivity index (χ1v) is 14.7. The van der Waals surface area contributed by atoms with Crippen LogP contribution in [-0.2, 0) is 5.41 Å². The number of anilines is 2. The summed E-state index contributed by atoms with van der Waals surface area (Å²) in [5.74, 6) is 0. The highest BCUT2D eigenvalue weighted by Gasteiger charge is 2.35. The van der Waals surface area contributed by atoms with Crippen molar-refractivity contribution in [3.63, 3.8) is 0 Å². The van der Waals surface area contributed by atoms with Crippen LogP contribution in [0, 0.1) is 0 Å². The SMILES string of the molecule is CC1(C)c2cc(Nc3ccccc3)ccc2-c2ccc(-c3ccc(-c4cc5ccccc5c5ccccc45)cc3)cc21. The van der Waals surface area contributed by atoms with E-state index in [1.54, 1.807) is 0 Å². The molecule has 0 heterocycles. The van der Waals surface area contributed by atoms with E-state index < -0.39 is 0 Å². The van der Waals surface area contributed by atoms with E-state index in [1.807, 2.05) is 6.07 Å². The molecule has 0 aromatic heterocycles. The predicted octanol–water partition coefficient (Wildman–Crippen LogP) is 11.4. The van der Waals surface area contributed by atoms with Crippen molar-refractivity contribution in [2.24, 2.45) is 0 Å². The zero-order chi connectivity index (χ0) is 28.3. The molecule has 0 fully saturated rings. The van der Waals surface area contributed by atoms with Gasteiger partial charge in [-0.1, -0.05) is 123 Å². The molecule has 0 unspecified atom stereocenters. The van der Waals surface area contributed by atoms with Crippen molar-refractivity contribution in [2.75, 3.05) is 5.32 Å². The van der Waals surface area contributed by atoms with Gasteiger partial charge >= 0.3 is 0 Å². The Labute approximate surface area is 247 Å². The zero-order valence-corrected chi connectivity index (χ0v) is 23.9. The van der Waals surface area contributed by atoms with Crippen LogP contribution >= 0.6 is 0 Å². The molecule has 0 spiro atoms. The number of hydrogen-bond donors (Lipinski definition) is 1. The molecule has 0 amide bonds. The van der Waals surface area contributed by atoms with Gasteiger partial charge in [-0.3, -0.25) is 0 Å². The van der Waals surface area contributed by atoms with Gasteiger partial charge in [0.2, 0.25) is 0 Å². The van der Waals surface area contributed by atoms with E-state index >= 15 is 0 Å². The van der Waals surface area contributed by atoms with Gasteiger partial charge in [0.25, 0.3) is 0 Å². The summed E-state index contributed by atoms with van der Waals surface area (Å²) < 4.78 is 0. The van der Waals surface area contributed by atoms with Gasteiger partial charge in [-0.15, -0.1) is 0 Å². The molecule has 1 N–H and O–H groups in total. The molecule has 1 heteroatoms. The molecule has 0 saturated carbocycles.